The number of rotatable bonds is 4. The Morgan fingerprint density at radius 2 is 2.12 bits per heavy atom. The molecule has 1 unspecified atom stereocenters. The Labute approximate surface area is 151 Å². The molecular weight excluding hydrogens is 332 g/mol. The highest BCUT2D eigenvalue weighted by molar-refractivity contribution is 7.18. The van der Waals surface area contributed by atoms with Crippen LogP contribution in [0.3, 0.4) is 0 Å². The lowest BCUT2D eigenvalue weighted by Crippen LogP contribution is -2.22. The molecule has 0 spiro atoms. The van der Waals surface area contributed by atoms with E-state index in [1.54, 1.807) is 24.6 Å². The second-order valence-electron chi connectivity index (χ2n) is 6.19. The van der Waals surface area contributed by atoms with Gasteiger partial charge in [-0.2, -0.15) is 0 Å². The Balaban J connectivity index is 1.62. The number of aromatic nitrogens is 3. The number of methoxy groups -OCH3 is 1. The SMILES string of the molecule is COc1ccc(C2CCCN2c2nnc(-c3ccccn3)s2)cc1C. The first-order valence-electron chi connectivity index (χ1n) is 8.42. The molecule has 2 aromatic heterocycles. The number of nitrogens with zero attached hydrogens (tertiary/aromatic N) is 4. The highest BCUT2D eigenvalue weighted by atomic mass is 32.1. The first kappa shape index (κ1) is 16.0. The first-order valence-corrected chi connectivity index (χ1v) is 9.24. The lowest BCUT2D eigenvalue weighted by atomic mass is 10.0. The number of hydrogen-bond donors (Lipinski definition) is 0. The van der Waals surface area contributed by atoms with E-state index in [1.165, 1.54) is 11.1 Å². The molecular formula is C19H20N4OS. The molecule has 3 aromatic rings. The maximum atomic E-state index is 5.39. The van der Waals surface area contributed by atoms with E-state index in [1.807, 2.05) is 18.2 Å². The molecule has 4 rings (SSSR count). The maximum absolute atomic E-state index is 5.39. The van der Waals surface area contributed by atoms with E-state index in [2.05, 4.69) is 45.2 Å². The first-order chi connectivity index (χ1) is 12.3. The predicted molar refractivity (Wildman–Crippen MR) is 100 cm³/mol. The summed E-state index contributed by atoms with van der Waals surface area (Å²) in [5, 5.41) is 10.6. The Bertz CT molecular complexity index is 865. The van der Waals surface area contributed by atoms with Gasteiger partial charge in [0.15, 0.2) is 5.01 Å². The third-order valence-electron chi connectivity index (χ3n) is 4.60. The maximum Gasteiger partial charge on any atom is 0.209 e. The summed E-state index contributed by atoms with van der Waals surface area (Å²) in [6.07, 6.45) is 4.08. The minimum absolute atomic E-state index is 0.342. The van der Waals surface area contributed by atoms with E-state index >= 15 is 0 Å². The smallest absolute Gasteiger partial charge is 0.209 e. The largest absolute Gasteiger partial charge is 0.496 e. The molecule has 128 valence electrons. The summed E-state index contributed by atoms with van der Waals surface area (Å²) in [7, 11) is 1.71. The van der Waals surface area contributed by atoms with Crippen LogP contribution in [0.25, 0.3) is 10.7 Å². The molecule has 3 heterocycles. The van der Waals surface area contributed by atoms with Crippen LogP contribution < -0.4 is 9.64 Å². The van der Waals surface area contributed by atoms with Crippen molar-refractivity contribution in [1.29, 1.82) is 0 Å². The lowest BCUT2D eigenvalue weighted by Gasteiger charge is -2.24. The van der Waals surface area contributed by atoms with Crippen molar-refractivity contribution in [3.05, 3.63) is 53.7 Å². The number of aryl methyl sites for hydroxylation is 1. The van der Waals surface area contributed by atoms with Crippen molar-refractivity contribution in [2.24, 2.45) is 0 Å². The van der Waals surface area contributed by atoms with Crippen molar-refractivity contribution >= 4 is 16.5 Å². The summed E-state index contributed by atoms with van der Waals surface area (Å²) in [5.41, 5.74) is 3.35. The van der Waals surface area contributed by atoms with Crippen LogP contribution in [0.2, 0.25) is 0 Å². The zero-order valence-corrected chi connectivity index (χ0v) is 15.2. The molecule has 0 radical (unpaired) electrons. The number of pyridine rings is 1. The molecule has 25 heavy (non-hydrogen) atoms. The molecule has 0 aliphatic carbocycles. The monoisotopic (exact) mass is 352 g/mol. The number of anilines is 1. The Kier molecular flexibility index (Phi) is 4.36. The standard InChI is InChI=1S/C19H20N4OS/c1-13-12-14(8-9-17(13)24-2)16-7-5-11-23(16)19-22-21-18(25-19)15-6-3-4-10-20-15/h3-4,6,8-10,12,16H,5,7,11H2,1-2H3. The fourth-order valence-corrected chi connectivity index (χ4v) is 4.27. The quantitative estimate of drug-likeness (QED) is 0.702. The Morgan fingerprint density at radius 1 is 1.20 bits per heavy atom. The van der Waals surface area contributed by atoms with Gasteiger partial charge >= 0.3 is 0 Å². The van der Waals surface area contributed by atoms with E-state index < -0.39 is 0 Å². The summed E-state index contributed by atoms with van der Waals surface area (Å²) in [5.74, 6) is 0.932. The van der Waals surface area contributed by atoms with E-state index in [9.17, 15) is 0 Å². The second-order valence-corrected chi connectivity index (χ2v) is 7.14. The minimum Gasteiger partial charge on any atom is -0.496 e. The lowest BCUT2D eigenvalue weighted by molar-refractivity contribution is 0.411. The van der Waals surface area contributed by atoms with Crippen molar-refractivity contribution in [1.82, 2.24) is 15.2 Å². The van der Waals surface area contributed by atoms with Crippen LogP contribution >= 0.6 is 11.3 Å². The molecule has 1 aliphatic heterocycles. The summed E-state index contributed by atoms with van der Waals surface area (Å²) in [6.45, 7) is 3.10. The molecule has 1 fully saturated rings. The van der Waals surface area contributed by atoms with Crippen LogP contribution in [-0.2, 0) is 0 Å². The van der Waals surface area contributed by atoms with E-state index in [0.717, 1.165) is 41.0 Å². The van der Waals surface area contributed by atoms with Gasteiger partial charge in [-0.15, -0.1) is 10.2 Å². The molecule has 0 amide bonds. The summed E-state index contributed by atoms with van der Waals surface area (Å²) in [4.78, 5) is 6.74. The van der Waals surface area contributed by atoms with Crippen molar-refractivity contribution in [2.75, 3.05) is 18.6 Å². The van der Waals surface area contributed by atoms with Gasteiger partial charge in [0.25, 0.3) is 0 Å². The Hall–Kier alpha value is -2.47. The minimum atomic E-state index is 0.342. The molecule has 5 nitrogen and oxygen atoms in total. The van der Waals surface area contributed by atoms with Crippen molar-refractivity contribution in [3.63, 3.8) is 0 Å². The molecule has 0 N–H and O–H groups in total. The van der Waals surface area contributed by atoms with Gasteiger partial charge in [0.05, 0.1) is 13.2 Å². The average molecular weight is 352 g/mol. The van der Waals surface area contributed by atoms with Gasteiger partial charge in [0.1, 0.15) is 11.4 Å². The fourth-order valence-electron chi connectivity index (χ4n) is 3.38. The molecule has 1 aromatic carbocycles. The van der Waals surface area contributed by atoms with Gasteiger partial charge in [0, 0.05) is 12.7 Å². The predicted octanol–water partition coefficient (Wildman–Crippen LogP) is 4.26. The van der Waals surface area contributed by atoms with Crippen LogP contribution in [0.1, 0.15) is 30.0 Å². The molecule has 1 aliphatic rings. The van der Waals surface area contributed by atoms with Gasteiger partial charge in [-0.05, 0) is 49.1 Å². The zero-order valence-electron chi connectivity index (χ0n) is 14.3. The second kappa shape index (κ2) is 6.80. The molecule has 0 bridgehead atoms. The van der Waals surface area contributed by atoms with E-state index in [0.29, 0.717) is 6.04 Å². The highest BCUT2D eigenvalue weighted by Gasteiger charge is 2.29. The van der Waals surface area contributed by atoms with Crippen LogP contribution in [0.5, 0.6) is 5.75 Å². The molecule has 0 saturated carbocycles. The highest BCUT2D eigenvalue weighted by Crippen LogP contribution is 2.39. The topological polar surface area (TPSA) is 51.1 Å². The van der Waals surface area contributed by atoms with Crippen molar-refractivity contribution in [3.8, 4) is 16.5 Å². The summed E-state index contributed by atoms with van der Waals surface area (Å²) in [6, 6.07) is 12.6. The summed E-state index contributed by atoms with van der Waals surface area (Å²) < 4.78 is 5.39. The normalized spacial score (nSPS) is 17.0. The number of ether oxygens (including phenoxy) is 1. The van der Waals surface area contributed by atoms with Gasteiger partial charge in [0.2, 0.25) is 5.13 Å². The van der Waals surface area contributed by atoms with E-state index in [4.69, 9.17) is 4.74 Å². The molecule has 6 heteroatoms. The van der Waals surface area contributed by atoms with Crippen molar-refractivity contribution in [2.45, 2.75) is 25.8 Å². The van der Waals surface area contributed by atoms with Crippen LogP contribution in [-0.4, -0.2) is 28.8 Å². The van der Waals surface area contributed by atoms with E-state index in [-0.39, 0.29) is 0 Å². The third-order valence-corrected chi connectivity index (χ3v) is 5.58. The number of benzene rings is 1. The van der Waals surface area contributed by atoms with Crippen LogP contribution in [0, 0.1) is 6.92 Å². The van der Waals surface area contributed by atoms with Crippen LogP contribution in [0.4, 0.5) is 5.13 Å². The van der Waals surface area contributed by atoms with Gasteiger partial charge in [-0.1, -0.05) is 29.5 Å². The Morgan fingerprint density at radius 3 is 2.88 bits per heavy atom. The molecule has 1 atom stereocenters. The van der Waals surface area contributed by atoms with Gasteiger partial charge < -0.3 is 9.64 Å². The van der Waals surface area contributed by atoms with Gasteiger partial charge in [-0.3, -0.25) is 4.98 Å². The molecule has 1 saturated heterocycles. The zero-order chi connectivity index (χ0) is 17.2. The van der Waals surface area contributed by atoms with Gasteiger partial charge in [-0.25, -0.2) is 0 Å². The fraction of sp³-hybridized carbons (Fsp3) is 0.316. The third kappa shape index (κ3) is 3.09. The van der Waals surface area contributed by atoms with Crippen molar-refractivity contribution < 1.29 is 4.74 Å². The average Bonchev–Trinajstić information content (AvgIpc) is 3.31. The van der Waals surface area contributed by atoms with Crippen LogP contribution in [0.15, 0.2) is 42.6 Å². The number of hydrogen-bond acceptors (Lipinski definition) is 6. The summed E-state index contributed by atoms with van der Waals surface area (Å²) >= 11 is 1.61.